The topological polar surface area (TPSA) is 95.2 Å². The Labute approximate surface area is 177 Å². The van der Waals surface area contributed by atoms with Gasteiger partial charge in [0.1, 0.15) is 5.69 Å². The van der Waals surface area contributed by atoms with Crippen LogP contribution in [-0.4, -0.2) is 30.1 Å². The first kappa shape index (κ1) is 17.3. The number of hydrogen-bond donors (Lipinski definition) is 3. The molecule has 4 aromatic heterocycles. The summed E-state index contributed by atoms with van der Waals surface area (Å²) in [7, 11) is 0. The van der Waals surface area contributed by atoms with E-state index in [9.17, 15) is 0 Å². The van der Waals surface area contributed by atoms with Gasteiger partial charge in [-0.05, 0) is 47.5 Å². The van der Waals surface area contributed by atoms with Gasteiger partial charge in [0.05, 0.1) is 11.2 Å². The summed E-state index contributed by atoms with van der Waals surface area (Å²) < 4.78 is 0. The normalized spacial score (nSPS) is 12.8. The highest BCUT2D eigenvalue weighted by Crippen LogP contribution is 2.34. The molecule has 0 radical (unpaired) electrons. The molecule has 1 aliphatic heterocycles. The highest BCUT2D eigenvalue weighted by molar-refractivity contribution is 5.95. The van der Waals surface area contributed by atoms with Crippen molar-refractivity contribution in [3.8, 4) is 22.6 Å². The predicted molar refractivity (Wildman–Crippen MR) is 121 cm³/mol. The van der Waals surface area contributed by atoms with Gasteiger partial charge in [-0.3, -0.25) is 15.1 Å². The van der Waals surface area contributed by atoms with Gasteiger partial charge in [-0.15, -0.1) is 0 Å². The fourth-order valence-electron chi connectivity index (χ4n) is 3.82. The van der Waals surface area contributed by atoms with Crippen LogP contribution in [0.5, 0.6) is 0 Å². The maximum absolute atomic E-state index is 4.81. The number of rotatable bonds is 3. The first-order chi connectivity index (χ1) is 15.4. The zero-order valence-electron chi connectivity index (χ0n) is 16.4. The van der Waals surface area contributed by atoms with Crippen molar-refractivity contribution < 1.29 is 0 Å². The van der Waals surface area contributed by atoms with E-state index in [0.29, 0.717) is 5.82 Å². The molecule has 1 aliphatic rings. The minimum Gasteiger partial charge on any atom is -0.345 e. The van der Waals surface area contributed by atoms with Crippen molar-refractivity contribution in [2.24, 2.45) is 0 Å². The Balaban J connectivity index is 1.48. The molecule has 0 atom stereocenters. The fourth-order valence-corrected chi connectivity index (χ4v) is 3.82. The number of fused-ring (bicyclic) bond motifs is 2. The first-order valence-electron chi connectivity index (χ1n) is 9.90. The van der Waals surface area contributed by atoms with E-state index in [1.807, 2.05) is 54.9 Å². The van der Waals surface area contributed by atoms with Crippen LogP contribution >= 0.6 is 0 Å². The number of benzene rings is 1. The second kappa shape index (κ2) is 7.07. The standard InChI is InChI=1S/C24H17N7/c1-3-17(14-26-9-1)18-4-2-10-27-23-21(18)28-24(29-23)22-19-13-16(5-6-20(19)30-31-22)15-7-11-25-12-8-15/h1-14,27H,(H,28,29)(H,30,31). The second-order valence-electron chi connectivity index (χ2n) is 7.20. The van der Waals surface area contributed by atoms with Gasteiger partial charge in [-0.25, -0.2) is 4.98 Å². The highest BCUT2D eigenvalue weighted by atomic mass is 15.2. The average Bonchev–Trinajstić information content (AvgIpc) is 3.39. The highest BCUT2D eigenvalue weighted by Gasteiger charge is 2.20. The van der Waals surface area contributed by atoms with Gasteiger partial charge in [0.2, 0.25) is 0 Å². The molecular weight excluding hydrogens is 386 g/mol. The number of aromatic nitrogens is 6. The number of aromatic amines is 2. The van der Waals surface area contributed by atoms with Gasteiger partial charge < -0.3 is 10.3 Å². The zero-order valence-corrected chi connectivity index (χ0v) is 16.4. The van der Waals surface area contributed by atoms with E-state index in [0.717, 1.165) is 50.4 Å². The van der Waals surface area contributed by atoms with Gasteiger partial charge in [-0.2, -0.15) is 5.10 Å². The van der Waals surface area contributed by atoms with Crippen molar-refractivity contribution in [3.05, 3.63) is 96.9 Å². The Kier molecular flexibility index (Phi) is 3.96. The number of pyridine rings is 2. The largest absolute Gasteiger partial charge is 0.345 e. The lowest BCUT2D eigenvalue weighted by Crippen LogP contribution is -1.93. The molecule has 7 heteroatoms. The van der Waals surface area contributed by atoms with E-state index < -0.39 is 0 Å². The molecule has 0 saturated carbocycles. The average molecular weight is 403 g/mol. The Morgan fingerprint density at radius 1 is 0.839 bits per heavy atom. The van der Waals surface area contributed by atoms with Gasteiger partial charge in [0, 0.05) is 47.5 Å². The number of H-pyrrole nitrogens is 2. The molecule has 0 spiro atoms. The second-order valence-corrected chi connectivity index (χ2v) is 7.20. The third kappa shape index (κ3) is 3.00. The van der Waals surface area contributed by atoms with Crippen LogP contribution in [0.2, 0.25) is 0 Å². The van der Waals surface area contributed by atoms with Crippen molar-refractivity contribution in [2.75, 3.05) is 5.32 Å². The molecule has 0 aliphatic carbocycles. The summed E-state index contributed by atoms with van der Waals surface area (Å²) in [5.74, 6) is 1.45. The van der Waals surface area contributed by atoms with Crippen LogP contribution in [-0.2, 0) is 0 Å². The number of anilines is 1. The molecule has 0 fully saturated rings. The smallest absolute Gasteiger partial charge is 0.161 e. The van der Waals surface area contributed by atoms with Crippen LogP contribution in [0.15, 0.2) is 85.6 Å². The molecular formula is C24H17N7. The SMILES string of the molecule is C1=CNc2nc(-c3n[nH]c4ccc(-c5ccncc5)cc34)[nH]c2C(c2cccnc2)=C1. The Hall–Kier alpha value is -4.52. The molecule has 6 rings (SSSR count). The van der Waals surface area contributed by atoms with Crippen molar-refractivity contribution in [2.45, 2.75) is 0 Å². The minimum atomic E-state index is 0.695. The van der Waals surface area contributed by atoms with Crippen LogP contribution in [0.4, 0.5) is 5.82 Å². The van der Waals surface area contributed by atoms with Crippen LogP contribution in [0.25, 0.3) is 39.1 Å². The van der Waals surface area contributed by atoms with E-state index in [1.54, 1.807) is 18.6 Å². The number of nitrogens with zero attached hydrogens (tertiary/aromatic N) is 4. The lowest BCUT2D eigenvalue weighted by molar-refractivity contribution is 1.10. The minimum absolute atomic E-state index is 0.695. The van der Waals surface area contributed by atoms with E-state index >= 15 is 0 Å². The van der Waals surface area contributed by atoms with E-state index in [4.69, 9.17) is 4.98 Å². The molecule has 5 aromatic rings. The lowest BCUT2D eigenvalue weighted by Gasteiger charge is -2.05. The lowest BCUT2D eigenvalue weighted by atomic mass is 10.0. The molecule has 0 amide bonds. The monoisotopic (exact) mass is 403 g/mol. The summed E-state index contributed by atoms with van der Waals surface area (Å²) in [6.07, 6.45) is 13.1. The molecule has 3 N–H and O–H groups in total. The third-order valence-electron chi connectivity index (χ3n) is 5.33. The number of allylic oxidation sites excluding steroid dienone is 2. The molecule has 7 nitrogen and oxygen atoms in total. The summed E-state index contributed by atoms with van der Waals surface area (Å²) in [5, 5.41) is 11.9. The number of hydrogen-bond acceptors (Lipinski definition) is 5. The van der Waals surface area contributed by atoms with Gasteiger partial charge in [-0.1, -0.05) is 18.2 Å². The predicted octanol–water partition coefficient (Wildman–Crippen LogP) is 4.78. The summed E-state index contributed by atoms with van der Waals surface area (Å²) in [6, 6.07) is 14.2. The Morgan fingerprint density at radius 2 is 1.77 bits per heavy atom. The molecule has 5 heterocycles. The van der Waals surface area contributed by atoms with Crippen LogP contribution in [0.1, 0.15) is 11.3 Å². The maximum Gasteiger partial charge on any atom is 0.161 e. The molecule has 1 aromatic carbocycles. The van der Waals surface area contributed by atoms with Gasteiger partial charge in [0.25, 0.3) is 0 Å². The summed E-state index contributed by atoms with van der Waals surface area (Å²) in [4.78, 5) is 16.7. The number of imidazole rings is 1. The molecule has 148 valence electrons. The van der Waals surface area contributed by atoms with Crippen LogP contribution in [0, 0.1) is 0 Å². The van der Waals surface area contributed by atoms with Crippen molar-refractivity contribution in [3.63, 3.8) is 0 Å². The molecule has 0 unspecified atom stereocenters. The quantitative estimate of drug-likeness (QED) is 0.403. The zero-order chi connectivity index (χ0) is 20.6. The first-order valence-corrected chi connectivity index (χ1v) is 9.90. The van der Waals surface area contributed by atoms with E-state index in [-0.39, 0.29) is 0 Å². The summed E-state index contributed by atoms with van der Waals surface area (Å²) in [6.45, 7) is 0. The van der Waals surface area contributed by atoms with E-state index in [2.05, 4.69) is 42.6 Å². The third-order valence-corrected chi connectivity index (χ3v) is 5.33. The Bertz CT molecular complexity index is 1440. The van der Waals surface area contributed by atoms with Crippen molar-refractivity contribution >= 4 is 22.3 Å². The molecule has 0 saturated heterocycles. The summed E-state index contributed by atoms with van der Waals surface area (Å²) in [5.41, 5.74) is 6.86. The fraction of sp³-hybridized carbons (Fsp3) is 0. The molecule has 0 bridgehead atoms. The van der Waals surface area contributed by atoms with Crippen molar-refractivity contribution in [1.82, 2.24) is 30.1 Å². The van der Waals surface area contributed by atoms with Crippen molar-refractivity contribution in [1.29, 1.82) is 0 Å². The van der Waals surface area contributed by atoms with Crippen LogP contribution < -0.4 is 5.32 Å². The maximum atomic E-state index is 4.81. The van der Waals surface area contributed by atoms with E-state index in [1.165, 1.54) is 0 Å². The molecule has 31 heavy (non-hydrogen) atoms. The van der Waals surface area contributed by atoms with Crippen LogP contribution in [0.3, 0.4) is 0 Å². The Morgan fingerprint density at radius 3 is 2.65 bits per heavy atom. The van der Waals surface area contributed by atoms with Gasteiger partial charge in [0.15, 0.2) is 11.6 Å². The number of nitrogens with one attached hydrogen (secondary N) is 3. The van der Waals surface area contributed by atoms with Gasteiger partial charge >= 0.3 is 0 Å². The summed E-state index contributed by atoms with van der Waals surface area (Å²) >= 11 is 0.